The molecule has 0 atom stereocenters. The molecule has 0 radical (unpaired) electrons. The van der Waals surface area contributed by atoms with E-state index in [0.717, 1.165) is 17.1 Å². The minimum atomic E-state index is 1.14. The molecule has 0 amide bonds. The summed E-state index contributed by atoms with van der Waals surface area (Å²) in [4.78, 5) is 2.43. The van der Waals surface area contributed by atoms with Crippen LogP contribution in [0.15, 0.2) is 164 Å². The predicted molar refractivity (Wildman–Crippen MR) is 192 cm³/mol. The summed E-state index contributed by atoms with van der Waals surface area (Å²) in [6.45, 7) is 0. The Labute approximate surface area is 259 Å². The second-order valence-corrected chi connectivity index (χ2v) is 12.5. The Bertz CT molecular complexity index is 2510. The molecule has 1 nitrogen and oxygen atoms in total. The van der Waals surface area contributed by atoms with E-state index in [2.05, 4.69) is 169 Å². The molecule has 0 aliphatic rings. The zero-order valence-electron chi connectivity index (χ0n) is 23.9. The van der Waals surface area contributed by atoms with Gasteiger partial charge in [-0.25, -0.2) is 0 Å². The molecule has 0 aliphatic carbocycles. The first kappa shape index (κ1) is 25.1. The second kappa shape index (κ2) is 10.1. The molecule has 0 saturated carbocycles. The van der Waals surface area contributed by atoms with Crippen molar-refractivity contribution in [1.82, 2.24) is 0 Å². The van der Waals surface area contributed by atoms with Crippen molar-refractivity contribution >= 4 is 80.9 Å². The van der Waals surface area contributed by atoms with Crippen molar-refractivity contribution < 1.29 is 0 Å². The number of hydrogen-bond donors (Lipinski definition) is 0. The van der Waals surface area contributed by atoms with Crippen LogP contribution in [-0.4, -0.2) is 0 Å². The number of para-hydroxylation sites is 1. The third-order valence-electron chi connectivity index (χ3n) is 8.80. The Hall–Kier alpha value is -5.44. The van der Waals surface area contributed by atoms with Crippen LogP contribution in [0.1, 0.15) is 0 Å². The van der Waals surface area contributed by atoms with Crippen LogP contribution in [0.3, 0.4) is 0 Å². The van der Waals surface area contributed by atoms with Crippen LogP contribution >= 0.6 is 11.3 Å². The summed E-state index contributed by atoms with van der Waals surface area (Å²) in [6.07, 6.45) is 0. The first-order chi connectivity index (χ1) is 21.8. The fourth-order valence-electron chi connectivity index (χ4n) is 6.68. The van der Waals surface area contributed by atoms with E-state index in [1.165, 1.54) is 63.6 Å². The van der Waals surface area contributed by atoms with Gasteiger partial charge in [-0.05, 0) is 80.3 Å². The maximum absolute atomic E-state index is 2.43. The summed E-state index contributed by atoms with van der Waals surface area (Å²) in [6, 6.07) is 59.8. The molecule has 9 aromatic rings. The smallest absolute Gasteiger partial charge is 0.0540 e. The molecule has 0 unspecified atom stereocenters. The highest BCUT2D eigenvalue weighted by atomic mass is 32.1. The van der Waals surface area contributed by atoms with Gasteiger partial charge in [0.15, 0.2) is 0 Å². The fourth-order valence-corrected chi connectivity index (χ4v) is 7.85. The quantitative estimate of drug-likeness (QED) is 0.188. The van der Waals surface area contributed by atoms with Crippen LogP contribution < -0.4 is 4.90 Å². The van der Waals surface area contributed by atoms with Crippen molar-refractivity contribution in [3.8, 4) is 11.1 Å². The molecule has 0 spiro atoms. The standard InChI is InChI=1S/C42H27NS/c1-2-10-28(11-3-1)36-16-8-9-17-40(36)43(33-21-20-30-19-18-29-12-6-7-15-35(29)38(30)26-33)34-22-23-37-39-24-31-13-4-5-14-32(31)25-41(39)44-42(37)27-34/h1-27H. The molecule has 0 saturated heterocycles. The average molecular weight is 578 g/mol. The van der Waals surface area contributed by atoms with Gasteiger partial charge < -0.3 is 4.90 Å². The highest BCUT2D eigenvalue weighted by Gasteiger charge is 2.19. The summed E-state index contributed by atoms with van der Waals surface area (Å²) in [5.41, 5.74) is 5.85. The molecule has 1 heterocycles. The number of thiophene rings is 1. The Balaban J connectivity index is 1.30. The van der Waals surface area contributed by atoms with Gasteiger partial charge in [-0.15, -0.1) is 11.3 Å². The summed E-state index contributed by atoms with van der Waals surface area (Å²) in [5.74, 6) is 0. The number of nitrogens with zero attached hydrogens (tertiary/aromatic N) is 1. The number of benzene rings is 8. The number of anilines is 3. The van der Waals surface area contributed by atoms with Gasteiger partial charge in [-0.3, -0.25) is 0 Å². The molecule has 0 bridgehead atoms. The van der Waals surface area contributed by atoms with Crippen molar-refractivity contribution in [2.75, 3.05) is 4.90 Å². The predicted octanol–water partition coefficient (Wildman–Crippen LogP) is 12.7. The van der Waals surface area contributed by atoms with E-state index in [0.29, 0.717) is 0 Å². The van der Waals surface area contributed by atoms with Crippen molar-refractivity contribution in [2.45, 2.75) is 0 Å². The molecule has 8 aromatic carbocycles. The van der Waals surface area contributed by atoms with Gasteiger partial charge in [-0.1, -0.05) is 121 Å². The van der Waals surface area contributed by atoms with E-state index in [4.69, 9.17) is 0 Å². The topological polar surface area (TPSA) is 3.24 Å². The van der Waals surface area contributed by atoms with Gasteiger partial charge >= 0.3 is 0 Å². The molecule has 44 heavy (non-hydrogen) atoms. The molecule has 1 aromatic heterocycles. The molecule has 206 valence electrons. The fraction of sp³-hybridized carbons (Fsp3) is 0. The molecular weight excluding hydrogens is 551 g/mol. The van der Waals surface area contributed by atoms with E-state index in [1.807, 2.05) is 11.3 Å². The minimum absolute atomic E-state index is 1.14. The van der Waals surface area contributed by atoms with Crippen molar-refractivity contribution in [3.05, 3.63) is 164 Å². The highest BCUT2D eigenvalue weighted by molar-refractivity contribution is 7.25. The van der Waals surface area contributed by atoms with E-state index >= 15 is 0 Å². The van der Waals surface area contributed by atoms with E-state index in [9.17, 15) is 0 Å². The Morgan fingerprint density at radius 1 is 0.364 bits per heavy atom. The summed E-state index contributed by atoms with van der Waals surface area (Å²) in [7, 11) is 0. The minimum Gasteiger partial charge on any atom is -0.310 e. The zero-order valence-corrected chi connectivity index (χ0v) is 24.8. The summed E-state index contributed by atoms with van der Waals surface area (Å²) >= 11 is 1.88. The molecule has 0 aliphatic heterocycles. The normalized spacial score (nSPS) is 11.6. The molecule has 0 fully saturated rings. The molecular formula is C42H27NS. The Morgan fingerprint density at radius 3 is 1.84 bits per heavy atom. The number of hydrogen-bond acceptors (Lipinski definition) is 2. The first-order valence-electron chi connectivity index (χ1n) is 15.0. The van der Waals surface area contributed by atoms with E-state index < -0.39 is 0 Å². The SMILES string of the molecule is c1ccc(-c2ccccc2N(c2ccc3c(c2)sc2cc4ccccc4cc23)c2ccc3ccc4ccccc4c3c2)cc1. The highest BCUT2D eigenvalue weighted by Crippen LogP contribution is 2.45. The molecule has 0 N–H and O–H groups in total. The molecule has 9 rings (SSSR count). The maximum atomic E-state index is 2.43. The third kappa shape index (κ3) is 4.07. The van der Waals surface area contributed by atoms with Crippen LogP contribution in [0.4, 0.5) is 17.1 Å². The van der Waals surface area contributed by atoms with Crippen LogP contribution in [0.25, 0.3) is 63.6 Å². The van der Waals surface area contributed by atoms with Crippen LogP contribution in [0, 0.1) is 0 Å². The monoisotopic (exact) mass is 577 g/mol. The van der Waals surface area contributed by atoms with Gasteiger partial charge in [-0.2, -0.15) is 0 Å². The lowest BCUT2D eigenvalue weighted by molar-refractivity contribution is 1.30. The molecule has 2 heteroatoms. The van der Waals surface area contributed by atoms with Gasteiger partial charge in [0, 0.05) is 37.1 Å². The van der Waals surface area contributed by atoms with Crippen LogP contribution in [0.2, 0.25) is 0 Å². The van der Waals surface area contributed by atoms with Gasteiger partial charge in [0.05, 0.1) is 5.69 Å². The Kier molecular flexibility index (Phi) is 5.75. The average Bonchev–Trinajstić information content (AvgIpc) is 3.44. The lowest BCUT2D eigenvalue weighted by atomic mass is 9.99. The largest absolute Gasteiger partial charge is 0.310 e. The Morgan fingerprint density at radius 2 is 0.977 bits per heavy atom. The van der Waals surface area contributed by atoms with Crippen molar-refractivity contribution in [1.29, 1.82) is 0 Å². The summed E-state index contributed by atoms with van der Waals surface area (Å²) < 4.78 is 2.62. The van der Waals surface area contributed by atoms with Gasteiger partial charge in [0.1, 0.15) is 0 Å². The lowest BCUT2D eigenvalue weighted by Gasteiger charge is -2.28. The maximum Gasteiger partial charge on any atom is 0.0540 e. The lowest BCUT2D eigenvalue weighted by Crippen LogP contribution is -2.11. The van der Waals surface area contributed by atoms with E-state index in [-0.39, 0.29) is 0 Å². The van der Waals surface area contributed by atoms with Gasteiger partial charge in [0.2, 0.25) is 0 Å². The van der Waals surface area contributed by atoms with Crippen molar-refractivity contribution in [2.24, 2.45) is 0 Å². The van der Waals surface area contributed by atoms with Crippen molar-refractivity contribution in [3.63, 3.8) is 0 Å². The second-order valence-electron chi connectivity index (χ2n) is 11.4. The summed E-state index contributed by atoms with van der Waals surface area (Å²) in [5, 5.41) is 10.2. The number of fused-ring (bicyclic) bond motifs is 7. The third-order valence-corrected chi connectivity index (χ3v) is 9.91. The van der Waals surface area contributed by atoms with Crippen LogP contribution in [-0.2, 0) is 0 Å². The van der Waals surface area contributed by atoms with Crippen LogP contribution in [0.5, 0.6) is 0 Å². The van der Waals surface area contributed by atoms with Gasteiger partial charge in [0.25, 0.3) is 0 Å². The zero-order chi connectivity index (χ0) is 29.0. The van der Waals surface area contributed by atoms with E-state index in [1.54, 1.807) is 0 Å². The first-order valence-corrected chi connectivity index (χ1v) is 15.8. The number of rotatable bonds is 4.